The van der Waals surface area contributed by atoms with Crippen LogP contribution in [-0.2, 0) is 4.74 Å². The fourth-order valence-electron chi connectivity index (χ4n) is 1.52. The Morgan fingerprint density at radius 2 is 2.00 bits per heavy atom. The number of nitrogens with two attached hydrogens (primary N) is 1. The molecule has 0 atom stereocenters. The Bertz CT molecular complexity index is 558. The van der Waals surface area contributed by atoms with Crippen LogP contribution in [0.2, 0.25) is 0 Å². The molecule has 0 aliphatic rings. The molecule has 19 heavy (non-hydrogen) atoms. The molecule has 100 valence electrons. The molecular weight excluding hydrogens is 242 g/mol. The summed E-state index contributed by atoms with van der Waals surface area (Å²) < 4.78 is 6.74. The molecular formula is C14H17N3O2. The summed E-state index contributed by atoms with van der Waals surface area (Å²) in [4.78, 5) is 11.7. The summed E-state index contributed by atoms with van der Waals surface area (Å²) in [6.45, 7) is 4.37. The summed E-state index contributed by atoms with van der Waals surface area (Å²) in [5.41, 5.74) is 7.46. The number of benzene rings is 1. The Kier molecular flexibility index (Phi) is 3.85. The zero-order valence-electron chi connectivity index (χ0n) is 11.0. The van der Waals surface area contributed by atoms with Gasteiger partial charge in [0.2, 0.25) is 0 Å². The second kappa shape index (κ2) is 5.56. The van der Waals surface area contributed by atoms with E-state index in [4.69, 9.17) is 10.5 Å². The van der Waals surface area contributed by atoms with Crippen molar-refractivity contribution >= 4 is 11.7 Å². The molecule has 0 fully saturated rings. The largest absolute Gasteiger partial charge is 0.461 e. The van der Waals surface area contributed by atoms with Gasteiger partial charge in [-0.25, -0.2) is 9.48 Å². The fourth-order valence-corrected chi connectivity index (χ4v) is 1.52. The molecule has 1 heterocycles. The van der Waals surface area contributed by atoms with Gasteiger partial charge in [0.1, 0.15) is 0 Å². The van der Waals surface area contributed by atoms with Crippen molar-refractivity contribution in [2.75, 3.05) is 12.3 Å². The monoisotopic (exact) mass is 259 g/mol. The molecule has 0 aliphatic carbocycles. The maximum Gasteiger partial charge on any atom is 0.358 e. The van der Waals surface area contributed by atoms with Crippen molar-refractivity contribution in [2.45, 2.75) is 13.8 Å². The molecule has 5 heteroatoms. The molecule has 5 nitrogen and oxygen atoms in total. The highest BCUT2D eigenvalue weighted by Crippen LogP contribution is 2.11. The lowest BCUT2D eigenvalue weighted by atomic mass is 10.2. The van der Waals surface area contributed by atoms with Gasteiger partial charge in [0.05, 0.1) is 12.3 Å². The number of carbonyl (C=O) groups excluding carboxylic acids is 1. The van der Waals surface area contributed by atoms with E-state index in [0.29, 0.717) is 23.9 Å². The van der Waals surface area contributed by atoms with E-state index in [0.717, 1.165) is 5.69 Å². The molecule has 0 amide bonds. The topological polar surface area (TPSA) is 70.1 Å². The van der Waals surface area contributed by atoms with Gasteiger partial charge in [-0.05, 0) is 36.2 Å². The summed E-state index contributed by atoms with van der Waals surface area (Å²) in [7, 11) is 0. The number of rotatable bonds is 4. The minimum atomic E-state index is -0.400. The van der Waals surface area contributed by atoms with Crippen LogP contribution in [0, 0.1) is 5.92 Å². The Labute approximate surface area is 112 Å². The number of esters is 1. The zero-order valence-corrected chi connectivity index (χ0v) is 11.0. The molecule has 0 saturated heterocycles. The second-order valence-electron chi connectivity index (χ2n) is 4.73. The number of carbonyl (C=O) groups is 1. The van der Waals surface area contributed by atoms with Gasteiger partial charge in [0.25, 0.3) is 0 Å². The fraction of sp³-hybridized carbons (Fsp3) is 0.286. The number of nitrogen functional groups attached to an aromatic ring is 1. The Morgan fingerprint density at radius 3 is 2.63 bits per heavy atom. The van der Waals surface area contributed by atoms with Crippen molar-refractivity contribution in [3.05, 3.63) is 42.2 Å². The third kappa shape index (κ3) is 3.34. The second-order valence-corrected chi connectivity index (χ2v) is 4.73. The van der Waals surface area contributed by atoms with Crippen LogP contribution in [0.4, 0.5) is 5.69 Å². The molecule has 0 unspecified atom stereocenters. The molecule has 2 N–H and O–H groups in total. The molecule has 0 bridgehead atoms. The predicted octanol–water partition coefficient (Wildman–Crippen LogP) is 2.27. The first kappa shape index (κ1) is 13.1. The normalized spacial score (nSPS) is 10.7. The number of aromatic nitrogens is 2. The maximum atomic E-state index is 11.7. The van der Waals surface area contributed by atoms with Gasteiger partial charge in [0, 0.05) is 11.9 Å². The van der Waals surface area contributed by atoms with Crippen molar-refractivity contribution in [1.82, 2.24) is 9.78 Å². The Hall–Kier alpha value is -2.30. The van der Waals surface area contributed by atoms with E-state index in [2.05, 4.69) is 5.10 Å². The van der Waals surface area contributed by atoms with Crippen molar-refractivity contribution in [3.8, 4) is 5.69 Å². The first-order chi connectivity index (χ1) is 9.06. The summed E-state index contributed by atoms with van der Waals surface area (Å²) in [5.74, 6) is -0.0916. The lowest BCUT2D eigenvalue weighted by Gasteiger charge is -2.05. The van der Waals surface area contributed by atoms with Crippen LogP contribution in [-0.4, -0.2) is 22.4 Å². The summed E-state index contributed by atoms with van der Waals surface area (Å²) >= 11 is 0. The highest BCUT2D eigenvalue weighted by molar-refractivity contribution is 5.87. The van der Waals surface area contributed by atoms with Crippen LogP contribution in [0.5, 0.6) is 0 Å². The van der Waals surface area contributed by atoms with Crippen LogP contribution in [0.25, 0.3) is 5.69 Å². The van der Waals surface area contributed by atoms with Crippen LogP contribution >= 0.6 is 0 Å². The summed E-state index contributed by atoms with van der Waals surface area (Å²) in [6.07, 6.45) is 1.72. The lowest BCUT2D eigenvalue weighted by molar-refractivity contribution is 0.0451. The zero-order chi connectivity index (χ0) is 13.8. The van der Waals surface area contributed by atoms with Crippen molar-refractivity contribution in [2.24, 2.45) is 5.92 Å². The van der Waals surface area contributed by atoms with E-state index in [1.54, 1.807) is 29.1 Å². The number of nitrogens with zero attached hydrogens (tertiary/aromatic N) is 2. The number of hydrogen-bond donors (Lipinski definition) is 1. The van der Waals surface area contributed by atoms with Gasteiger partial charge in [-0.2, -0.15) is 5.10 Å². The van der Waals surface area contributed by atoms with Crippen molar-refractivity contribution < 1.29 is 9.53 Å². The van der Waals surface area contributed by atoms with E-state index in [1.165, 1.54) is 0 Å². The highest BCUT2D eigenvalue weighted by Gasteiger charge is 2.12. The molecule has 0 spiro atoms. The number of hydrogen-bond acceptors (Lipinski definition) is 4. The highest BCUT2D eigenvalue weighted by atomic mass is 16.5. The van der Waals surface area contributed by atoms with Gasteiger partial charge in [-0.15, -0.1) is 0 Å². The first-order valence-corrected chi connectivity index (χ1v) is 6.15. The van der Waals surface area contributed by atoms with Gasteiger partial charge in [-0.1, -0.05) is 13.8 Å². The SMILES string of the molecule is CC(C)COC(=O)c1ccn(-c2ccc(N)cc2)n1. The van der Waals surface area contributed by atoms with Crippen molar-refractivity contribution in [3.63, 3.8) is 0 Å². The third-order valence-corrected chi connectivity index (χ3v) is 2.50. The lowest BCUT2D eigenvalue weighted by Crippen LogP contribution is -2.11. The minimum absolute atomic E-state index is 0.303. The van der Waals surface area contributed by atoms with E-state index in [-0.39, 0.29) is 0 Å². The average molecular weight is 259 g/mol. The van der Waals surface area contributed by atoms with Gasteiger partial charge < -0.3 is 10.5 Å². The van der Waals surface area contributed by atoms with Crippen LogP contribution in [0.15, 0.2) is 36.5 Å². The Balaban J connectivity index is 2.10. The molecule has 0 saturated carbocycles. The third-order valence-electron chi connectivity index (χ3n) is 2.50. The molecule has 0 radical (unpaired) electrons. The van der Waals surface area contributed by atoms with Crippen molar-refractivity contribution in [1.29, 1.82) is 0 Å². The predicted molar refractivity (Wildman–Crippen MR) is 73.1 cm³/mol. The smallest absolute Gasteiger partial charge is 0.358 e. The van der Waals surface area contributed by atoms with Crippen LogP contribution < -0.4 is 5.73 Å². The standard InChI is InChI=1S/C14H17N3O2/c1-10(2)9-19-14(18)13-7-8-17(16-13)12-5-3-11(15)4-6-12/h3-8,10H,9,15H2,1-2H3. The van der Waals surface area contributed by atoms with E-state index in [1.807, 2.05) is 26.0 Å². The molecule has 1 aromatic heterocycles. The summed E-state index contributed by atoms with van der Waals surface area (Å²) in [6, 6.07) is 8.89. The van der Waals surface area contributed by atoms with Crippen LogP contribution in [0.1, 0.15) is 24.3 Å². The number of anilines is 1. The van der Waals surface area contributed by atoms with E-state index in [9.17, 15) is 4.79 Å². The Morgan fingerprint density at radius 1 is 1.32 bits per heavy atom. The maximum absolute atomic E-state index is 11.7. The van der Waals surface area contributed by atoms with Gasteiger partial charge in [0.15, 0.2) is 5.69 Å². The first-order valence-electron chi connectivity index (χ1n) is 6.15. The quantitative estimate of drug-likeness (QED) is 0.675. The molecule has 2 rings (SSSR count). The van der Waals surface area contributed by atoms with Gasteiger partial charge >= 0.3 is 5.97 Å². The minimum Gasteiger partial charge on any atom is -0.461 e. The molecule has 0 aliphatic heterocycles. The van der Waals surface area contributed by atoms with E-state index >= 15 is 0 Å². The average Bonchev–Trinajstić information content (AvgIpc) is 2.86. The van der Waals surface area contributed by atoms with Gasteiger partial charge in [-0.3, -0.25) is 0 Å². The number of ether oxygens (including phenoxy) is 1. The molecule has 2 aromatic rings. The summed E-state index contributed by atoms with van der Waals surface area (Å²) in [5, 5.41) is 4.19. The van der Waals surface area contributed by atoms with E-state index < -0.39 is 5.97 Å². The molecule has 1 aromatic carbocycles. The van der Waals surface area contributed by atoms with Crippen LogP contribution in [0.3, 0.4) is 0 Å².